The van der Waals surface area contributed by atoms with E-state index in [1.807, 2.05) is 12.1 Å². The predicted molar refractivity (Wildman–Crippen MR) is 112 cm³/mol. The van der Waals surface area contributed by atoms with Gasteiger partial charge >= 0.3 is 5.97 Å². The summed E-state index contributed by atoms with van der Waals surface area (Å²) in [6, 6.07) is 3.72. The molecule has 27 heavy (non-hydrogen) atoms. The molecule has 0 fully saturated rings. The second kappa shape index (κ2) is 16.3. The summed E-state index contributed by atoms with van der Waals surface area (Å²) in [7, 11) is 0. The average molecular weight is 376 g/mol. The standard InChI is InChI=1S/C23H37NO3/c1-2-3-4-5-6-7-8-9-10-11-12-13-20-27-22-17-15-19-24-21(22)16-14-18-23(25)26/h14-17,19H,2-13,18,20H2,1H3,(H,25,26)/b16-14+. The number of rotatable bonds is 17. The van der Waals surface area contributed by atoms with Crippen molar-refractivity contribution in [2.75, 3.05) is 6.61 Å². The molecule has 0 amide bonds. The Bertz CT molecular complexity index is 528. The molecule has 0 aliphatic heterocycles. The number of pyridine rings is 1. The van der Waals surface area contributed by atoms with Gasteiger partial charge < -0.3 is 9.84 Å². The molecule has 4 nitrogen and oxygen atoms in total. The van der Waals surface area contributed by atoms with Gasteiger partial charge in [-0.3, -0.25) is 9.78 Å². The van der Waals surface area contributed by atoms with Crippen molar-refractivity contribution >= 4 is 12.0 Å². The number of nitrogens with zero attached hydrogens (tertiary/aromatic N) is 1. The summed E-state index contributed by atoms with van der Waals surface area (Å²) in [5, 5.41) is 8.69. The first-order valence-electron chi connectivity index (χ1n) is 10.7. The second-order valence-corrected chi connectivity index (χ2v) is 7.12. The minimum Gasteiger partial charge on any atom is -0.491 e. The Morgan fingerprint density at radius 3 is 2.19 bits per heavy atom. The van der Waals surface area contributed by atoms with E-state index in [9.17, 15) is 4.79 Å². The van der Waals surface area contributed by atoms with Crippen molar-refractivity contribution in [1.82, 2.24) is 4.98 Å². The number of carboxylic acids is 1. The molecule has 1 N–H and O–H groups in total. The van der Waals surface area contributed by atoms with E-state index in [0.29, 0.717) is 12.3 Å². The highest BCUT2D eigenvalue weighted by Gasteiger charge is 2.02. The zero-order valence-electron chi connectivity index (χ0n) is 17.0. The van der Waals surface area contributed by atoms with Crippen molar-refractivity contribution in [1.29, 1.82) is 0 Å². The van der Waals surface area contributed by atoms with Gasteiger partial charge in [0.05, 0.1) is 13.0 Å². The van der Waals surface area contributed by atoms with Crippen molar-refractivity contribution in [3.63, 3.8) is 0 Å². The highest BCUT2D eigenvalue weighted by atomic mass is 16.5. The minimum atomic E-state index is -0.846. The topological polar surface area (TPSA) is 59.4 Å². The number of ether oxygens (including phenoxy) is 1. The van der Waals surface area contributed by atoms with E-state index < -0.39 is 5.97 Å². The SMILES string of the molecule is CCCCCCCCCCCCCCOc1cccnc1/C=C/CC(=O)O. The molecule has 0 spiro atoms. The molecule has 1 rings (SSSR count). The molecule has 0 atom stereocenters. The first-order chi connectivity index (χ1) is 13.2. The van der Waals surface area contributed by atoms with Gasteiger partial charge in [-0.1, -0.05) is 83.6 Å². The summed E-state index contributed by atoms with van der Waals surface area (Å²) in [4.78, 5) is 14.8. The Morgan fingerprint density at radius 2 is 1.59 bits per heavy atom. The van der Waals surface area contributed by atoms with Crippen LogP contribution >= 0.6 is 0 Å². The average Bonchev–Trinajstić information content (AvgIpc) is 2.66. The van der Waals surface area contributed by atoms with E-state index in [1.165, 1.54) is 70.6 Å². The quantitative estimate of drug-likeness (QED) is 0.310. The summed E-state index contributed by atoms with van der Waals surface area (Å²) in [6.45, 7) is 2.95. The van der Waals surface area contributed by atoms with Crippen LogP contribution in [0.4, 0.5) is 0 Å². The van der Waals surface area contributed by atoms with Gasteiger partial charge in [-0.05, 0) is 24.6 Å². The van der Waals surface area contributed by atoms with E-state index in [0.717, 1.165) is 12.2 Å². The maximum absolute atomic E-state index is 10.6. The number of carboxylic acid groups (broad SMARTS) is 1. The summed E-state index contributed by atoms with van der Waals surface area (Å²) >= 11 is 0. The lowest BCUT2D eigenvalue weighted by atomic mass is 10.1. The molecule has 0 saturated carbocycles. The molecule has 0 aliphatic carbocycles. The Labute approximate surface area is 165 Å². The lowest BCUT2D eigenvalue weighted by Gasteiger charge is -2.08. The van der Waals surface area contributed by atoms with Gasteiger partial charge in [0, 0.05) is 6.20 Å². The maximum atomic E-state index is 10.6. The van der Waals surface area contributed by atoms with Gasteiger partial charge in [0.15, 0.2) is 0 Å². The smallest absolute Gasteiger partial charge is 0.307 e. The summed E-state index contributed by atoms with van der Waals surface area (Å²) < 4.78 is 5.83. The van der Waals surface area contributed by atoms with Crippen LogP contribution in [0.1, 0.15) is 96.1 Å². The minimum absolute atomic E-state index is 0.00520. The van der Waals surface area contributed by atoms with Gasteiger partial charge in [0.1, 0.15) is 11.4 Å². The fraction of sp³-hybridized carbons (Fsp3) is 0.652. The molecule has 1 aromatic rings. The summed E-state index contributed by atoms with van der Waals surface area (Å²) in [5.41, 5.74) is 0.692. The third kappa shape index (κ3) is 13.0. The van der Waals surface area contributed by atoms with Crippen LogP contribution in [0, 0.1) is 0 Å². The van der Waals surface area contributed by atoms with Crippen LogP contribution in [0.25, 0.3) is 6.08 Å². The van der Waals surface area contributed by atoms with E-state index in [1.54, 1.807) is 18.3 Å². The predicted octanol–water partition coefficient (Wildman–Crippen LogP) is 6.65. The van der Waals surface area contributed by atoms with E-state index in [4.69, 9.17) is 9.84 Å². The molecule has 0 unspecified atom stereocenters. The van der Waals surface area contributed by atoms with Crippen LogP contribution in [-0.2, 0) is 4.79 Å². The summed E-state index contributed by atoms with van der Waals surface area (Å²) in [5.74, 6) is -0.122. The van der Waals surface area contributed by atoms with Crippen LogP contribution in [0.5, 0.6) is 5.75 Å². The lowest BCUT2D eigenvalue weighted by molar-refractivity contribution is -0.135. The molecule has 0 aliphatic rings. The lowest BCUT2D eigenvalue weighted by Crippen LogP contribution is -2.00. The zero-order valence-corrected chi connectivity index (χ0v) is 17.0. The Hall–Kier alpha value is -1.84. The van der Waals surface area contributed by atoms with Gasteiger partial charge in [-0.2, -0.15) is 0 Å². The number of carbonyl (C=O) groups is 1. The van der Waals surface area contributed by atoms with Gasteiger partial charge in [-0.15, -0.1) is 0 Å². The first kappa shape index (κ1) is 23.2. The van der Waals surface area contributed by atoms with Crippen LogP contribution in [0.3, 0.4) is 0 Å². The second-order valence-electron chi connectivity index (χ2n) is 7.12. The Balaban J connectivity index is 2.04. The molecule has 0 saturated heterocycles. The molecule has 152 valence electrons. The number of aromatic nitrogens is 1. The van der Waals surface area contributed by atoms with Crippen LogP contribution < -0.4 is 4.74 Å². The molecule has 0 bridgehead atoms. The molecular formula is C23H37NO3. The molecule has 4 heteroatoms. The normalized spacial score (nSPS) is 11.1. The number of aliphatic carboxylic acids is 1. The van der Waals surface area contributed by atoms with E-state index in [-0.39, 0.29) is 6.42 Å². The highest BCUT2D eigenvalue weighted by Crippen LogP contribution is 2.18. The van der Waals surface area contributed by atoms with Crippen LogP contribution in [-0.4, -0.2) is 22.7 Å². The molecule has 0 radical (unpaired) electrons. The molecule has 0 aromatic carbocycles. The Kier molecular flexibility index (Phi) is 14.0. The van der Waals surface area contributed by atoms with Crippen molar-refractivity contribution in [2.45, 2.75) is 90.4 Å². The third-order valence-corrected chi connectivity index (χ3v) is 4.62. The zero-order chi connectivity index (χ0) is 19.6. The van der Waals surface area contributed by atoms with E-state index >= 15 is 0 Å². The summed E-state index contributed by atoms with van der Waals surface area (Å²) in [6.07, 6.45) is 20.9. The van der Waals surface area contributed by atoms with Crippen molar-refractivity contribution in [3.8, 4) is 5.75 Å². The maximum Gasteiger partial charge on any atom is 0.307 e. The largest absolute Gasteiger partial charge is 0.491 e. The molecule has 1 heterocycles. The van der Waals surface area contributed by atoms with Gasteiger partial charge in [0.25, 0.3) is 0 Å². The fourth-order valence-corrected chi connectivity index (χ4v) is 3.05. The van der Waals surface area contributed by atoms with Crippen LogP contribution in [0.2, 0.25) is 0 Å². The molecule has 1 aromatic heterocycles. The van der Waals surface area contributed by atoms with E-state index in [2.05, 4.69) is 11.9 Å². The van der Waals surface area contributed by atoms with Gasteiger partial charge in [0.2, 0.25) is 0 Å². The fourth-order valence-electron chi connectivity index (χ4n) is 3.05. The number of hydrogen-bond acceptors (Lipinski definition) is 3. The van der Waals surface area contributed by atoms with Crippen molar-refractivity contribution in [3.05, 3.63) is 30.1 Å². The monoisotopic (exact) mass is 375 g/mol. The van der Waals surface area contributed by atoms with Crippen molar-refractivity contribution < 1.29 is 14.6 Å². The van der Waals surface area contributed by atoms with Crippen molar-refractivity contribution in [2.24, 2.45) is 0 Å². The van der Waals surface area contributed by atoms with Gasteiger partial charge in [-0.25, -0.2) is 0 Å². The number of hydrogen-bond donors (Lipinski definition) is 1. The third-order valence-electron chi connectivity index (χ3n) is 4.62. The Morgan fingerprint density at radius 1 is 1.00 bits per heavy atom. The van der Waals surface area contributed by atoms with Crippen LogP contribution in [0.15, 0.2) is 24.4 Å². The molecular weight excluding hydrogens is 338 g/mol. The first-order valence-corrected chi connectivity index (χ1v) is 10.7. The number of unbranched alkanes of at least 4 members (excludes halogenated alkanes) is 11. The highest BCUT2D eigenvalue weighted by molar-refractivity contribution is 5.70.